The second kappa shape index (κ2) is 11.5. The van der Waals surface area contributed by atoms with Crippen molar-refractivity contribution in [3.63, 3.8) is 0 Å². The zero-order valence-corrected chi connectivity index (χ0v) is 20.1. The Morgan fingerprint density at radius 1 is 0.816 bits per heavy atom. The Morgan fingerprint density at radius 2 is 1.24 bits per heavy atom. The van der Waals surface area contributed by atoms with Crippen LogP contribution in [0.2, 0.25) is 0 Å². The summed E-state index contributed by atoms with van der Waals surface area (Å²) >= 11 is 0. The monoisotopic (exact) mass is 616 g/mol. The van der Waals surface area contributed by atoms with Crippen molar-refractivity contribution < 1.29 is 84.3 Å². The van der Waals surface area contributed by atoms with Gasteiger partial charge in [0.25, 0.3) is 5.67 Å². The largest absolute Gasteiger partial charge is 0.544 e. The van der Waals surface area contributed by atoms with Crippen LogP contribution in [-0.4, -0.2) is 94.4 Å². The fourth-order valence-corrected chi connectivity index (χ4v) is 4.52. The molecule has 0 aromatic carbocycles. The summed E-state index contributed by atoms with van der Waals surface area (Å²) < 4.78 is 209. The summed E-state index contributed by atoms with van der Waals surface area (Å²) in [5, 5.41) is 10.6. The van der Waals surface area contributed by atoms with Gasteiger partial charge in [0.05, 0.1) is 32.4 Å². The number of halogens is 14. The quantitative estimate of drug-likeness (QED) is 0.196. The van der Waals surface area contributed by atoms with Crippen molar-refractivity contribution >= 4 is 16.0 Å². The maximum atomic E-state index is 14.5. The van der Waals surface area contributed by atoms with Crippen LogP contribution >= 0.6 is 0 Å². The third-order valence-corrected chi connectivity index (χ3v) is 6.79. The molecule has 0 fully saturated rings. The van der Waals surface area contributed by atoms with Gasteiger partial charge in [-0.25, -0.2) is 21.9 Å². The van der Waals surface area contributed by atoms with Crippen LogP contribution in [0.5, 0.6) is 0 Å². The molecule has 1 N–H and O–H groups in total. The molecule has 21 heteroatoms. The smallest absolute Gasteiger partial charge is 0.431 e. The summed E-state index contributed by atoms with van der Waals surface area (Å²) in [6, 6.07) is 0. The van der Waals surface area contributed by atoms with Crippen molar-refractivity contribution in [2.24, 2.45) is 5.92 Å². The van der Waals surface area contributed by atoms with Crippen molar-refractivity contribution in [2.75, 3.05) is 39.5 Å². The average Bonchev–Trinajstić information content (AvgIpc) is 2.63. The molecule has 1 atom stereocenters. The average molecular weight is 616 g/mol. The molecule has 0 saturated carbocycles. The van der Waals surface area contributed by atoms with Crippen LogP contribution in [0.1, 0.15) is 19.3 Å². The van der Waals surface area contributed by atoms with Gasteiger partial charge in [0.15, 0.2) is 0 Å². The molecule has 0 amide bonds. The Bertz CT molecular complexity index is 882. The van der Waals surface area contributed by atoms with E-state index < -0.39 is 89.6 Å². The van der Waals surface area contributed by atoms with Crippen LogP contribution in [0.3, 0.4) is 0 Å². The molecule has 0 saturated heterocycles. The van der Waals surface area contributed by atoms with Crippen LogP contribution in [0, 0.1) is 5.92 Å². The molecule has 6 nitrogen and oxygen atoms in total. The van der Waals surface area contributed by atoms with Gasteiger partial charge in [0.2, 0.25) is 10.0 Å². The van der Waals surface area contributed by atoms with Crippen LogP contribution in [0.4, 0.5) is 61.5 Å². The SMILES string of the molecule is C[N+](C)(CCCNS(=O)(=O)CCC(CC(F)(C(F)(F)F)C(F)(F)F)C(F)(C(F)(F)F)C(F)(F)F)CC(=O)[O-]. The molecule has 0 radical (unpaired) electrons. The molecule has 0 aliphatic carbocycles. The summed E-state index contributed by atoms with van der Waals surface area (Å²) in [6.45, 7) is -1.33. The summed E-state index contributed by atoms with van der Waals surface area (Å²) in [4.78, 5) is 10.6. The molecule has 0 aromatic heterocycles. The Morgan fingerprint density at radius 3 is 1.58 bits per heavy atom. The fourth-order valence-electron chi connectivity index (χ4n) is 3.33. The van der Waals surface area contributed by atoms with Crippen molar-refractivity contribution in [3.8, 4) is 0 Å². The van der Waals surface area contributed by atoms with E-state index >= 15 is 0 Å². The minimum absolute atomic E-state index is 0.101. The van der Waals surface area contributed by atoms with Gasteiger partial charge in [-0.3, -0.25) is 0 Å². The maximum absolute atomic E-state index is 14.5. The molecule has 228 valence electrons. The molecule has 0 spiro atoms. The van der Waals surface area contributed by atoms with Gasteiger partial charge in [0, 0.05) is 25.3 Å². The first kappa shape index (κ1) is 36.4. The third-order valence-electron chi connectivity index (χ3n) is 5.37. The third kappa shape index (κ3) is 8.95. The highest BCUT2D eigenvalue weighted by molar-refractivity contribution is 7.89. The molecule has 38 heavy (non-hydrogen) atoms. The predicted molar refractivity (Wildman–Crippen MR) is 97.9 cm³/mol. The normalized spacial score (nSPS) is 16.0. The number of carboxylic acid groups (broad SMARTS) is 1. The van der Waals surface area contributed by atoms with E-state index in [1.165, 1.54) is 14.1 Å². The van der Waals surface area contributed by atoms with Crippen molar-refractivity contribution in [1.82, 2.24) is 4.72 Å². The summed E-state index contributed by atoms with van der Waals surface area (Å²) in [5.74, 6) is -8.11. The van der Waals surface area contributed by atoms with Gasteiger partial charge in [-0.1, -0.05) is 0 Å². The zero-order chi connectivity index (χ0) is 30.8. The molecule has 0 heterocycles. The van der Waals surface area contributed by atoms with Crippen molar-refractivity contribution in [2.45, 2.75) is 55.3 Å². The maximum Gasteiger partial charge on any atom is 0.431 e. The van der Waals surface area contributed by atoms with Crippen molar-refractivity contribution in [1.29, 1.82) is 0 Å². The number of alkyl halides is 14. The van der Waals surface area contributed by atoms with Crippen LogP contribution in [-0.2, 0) is 14.8 Å². The van der Waals surface area contributed by atoms with Gasteiger partial charge in [-0.05, 0) is 6.42 Å². The van der Waals surface area contributed by atoms with Gasteiger partial charge in [0.1, 0.15) is 6.54 Å². The Labute approximate surface area is 206 Å². The Balaban J connectivity index is 6.12. The molecule has 0 aliphatic heterocycles. The molecule has 0 rings (SSSR count). The molecule has 0 aliphatic rings. The van der Waals surface area contributed by atoms with Crippen molar-refractivity contribution in [3.05, 3.63) is 0 Å². The number of nitrogens with one attached hydrogen (secondary N) is 1. The summed E-state index contributed by atoms with van der Waals surface area (Å²) in [7, 11) is -2.38. The van der Waals surface area contributed by atoms with Crippen LogP contribution in [0.15, 0.2) is 0 Å². The standard InChI is InChI=1S/C17H22F14N2O4S/c1-33(2,9-11(34)35)6-3-5-32-38(36,37)7-4-10(13(19,16(26,27)28)17(29,30)31)8-12(18,14(20,21)22)15(23,24)25/h10,32H,3-9H2,1-2H3. The molecule has 0 bridgehead atoms. The molecule has 1 unspecified atom stereocenters. The number of hydrogen-bond donors (Lipinski definition) is 1. The number of nitrogens with zero attached hydrogens (tertiary/aromatic N) is 1. The summed E-state index contributed by atoms with van der Waals surface area (Å²) in [6.07, 6.45) is -35.3. The molecular weight excluding hydrogens is 594 g/mol. The number of likely N-dealkylation sites (N-methyl/N-ethyl adjacent to an activating group) is 1. The second-order valence-corrected chi connectivity index (χ2v) is 10.9. The molecule has 0 aromatic rings. The predicted octanol–water partition coefficient (Wildman–Crippen LogP) is 3.18. The van der Waals surface area contributed by atoms with Crippen LogP contribution < -0.4 is 9.83 Å². The highest BCUT2D eigenvalue weighted by Gasteiger charge is 2.80. The van der Waals surface area contributed by atoms with E-state index in [0.29, 0.717) is 0 Å². The van der Waals surface area contributed by atoms with Gasteiger partial charge in [-0.15, -0.1) is 0 Å². The second-order valence-electron chi connectivity index (χ2n) is 8.95. The zero-order valence-electron chi connectivity index (χ0n) is 19.3. The number of sulfonamides is 1. The Kier molecular flexibility index (Phi) is 11.0. The van der Waals surface area contributed by atoms with Gasteiger partial charge >= 0.3 is 30.4 Å². The summed E-state index contributed by atoms with van der Waals surface area (Å²) in [5.41, 5.74) is -13.6. The Hall–Kier alpha value is -1.64. The van der Waals surface area contributed by atoms with E-state index in [1.807, 2.05) is 0 Å². The highest BCUT2D eigenvalue weighted by Crippen LogP contribution is 2.57. The number of rotatable bonds is 13. The number of carboxylic acids is 1. The van der Waals surface area contributed by atoms with Gasteiger partial charge < -0.3 is 14.4 Å². The van der Waals surface area contributed by atoms with Crippen LogP contribution in [0.25, 0.3) is 0 Å². The molecular formula is C17H22F14N2O4S. The lowest BCUT2D eigenvalue weighted by Crippen LogP contribution is -2.62. The lowest BCUT2D eigenvalue weighted by Gasteiger charge is -2.40. The number of hydrogen-bond acceptors (Lipinski definition) is 4. The minimum Gasteiger partial charge on any atom is -0.544 e. The van der Waals surface area contributed by atoms with E-state index in [4.69, 9.17) is 0 Å². The van der Waals surface area contributed by atoms with E-state index in [2.05, 4.69) is 0 Å². The van der Waals surface area contributed by atoms with E-state index in [-0.39, 0.29) is 17.4 Å². The fraction of sp³-hybridized carbons (Fsp3) is 0.941. The lowest BCUT2D eigenvalue weighted by atomic mass is 9.77. The van der Waals surface area contributed by atoms with Gasteiger partial charge in [-0.2, -0.15) is 52.7 Å². The number of aliphatic carboxylic acids is 1. The first-order valence-electron chi connectivity index (χ1n) is 10.1. The van der Waals surface area contributed by atoms with E-state index in [0.717, 1.165) is 0 Å². The lowest BCUT2D eigenvalue weighted by molar-refractivity contribution is -0.884. The number of carbonyl (C=O) groups excluding carboxylic acids is 1. The highest BCUT2D eigenvalue weighted by atomic mass is 32.2. The number of quaternary nitrogens is 1. The first-order valence-corrected chi connectivity index (χ1v) is 11.7. The topological polar surface area (TPSA) is 86.3 Å². The van der Waals surface area contributed by atoms with E-state index in [1.54, 1.807) is 4.72 Å². The minimum atomic E-state index is -7.23. The van der Waals surface area contributed by atoms with E-state index in [9.17, 15) is 79.8 Å². The number of carbonyl (C=O) groups is 1. The first-order chi connectivity index (χ1) is 16.4.